The number of carbonyl (C=O) groups is 3. The molecule has 31 heavy (non-hydrogen) atoms. The first-order valence-corrected chi connectivity index (χ1v) is 11.3. The summed E-state index contributed by atoms with van der Waals surface area (Å²) in [6.07, 6.45) is 5.50. The van der Waals surface area contributed by atoms with Gasteiger partial charge >= 0.3 is 0 Å². The fourth-order valence-electron chi connectivity index (χ4n) is 4.86. The van der Waals surface area contributed by atoms with Crippen LogP contribution in [0.3, 0.4) is 0 Å². The van der Waals surface area contributed by atoms with Crippen molar-refractivity contribution in [2.45, 2.75) is 51.0 Å². The van der Waals surface area contributed by atoms with Gasteiger partial charge in [-0.2, -0.15) is 0 Å². The second-order valence-corrected chi connectivity index (χ2v) is 8.90. The average molecular weight is 439 g/mol. The molecule has 1 heterocycles. The third-order valence-electron chi connectivity index (χ3n) is 6.55. The highest BCUT2D eigenvalue weighted by Crippen LogP contribution is 2.42. The number of carbonyl (C=O) groups excluding carboxylic acids is 3. The molecule has 1 unspecified atom stereocenters. The van der Waals surface area contributed by atoms with E-state index < -0.39 is 11.5 Å². The first kappa shape index (κ1) is 21.6. The fourth-order valence-corrected chi connectivity index (χ4v) is 5.13. The molecular formula is C25H27ClN2O3. The highest BCUT2D eigenvalue weighted by atomic mass is 35.5. The second kappa shape index (κ2) is 9.23. The number of benzene rings is 2. The standard InChI is InChI=1S/C25H27ClN2O3/c26-21-10-7-11-22-20(21)12-15-28(22)24(31)25(13-5-2-6-14-25)23(30)27-19(17-29)16-18-8-3-1-4-9-18/h1,3-4,7-11,17,19H,2,5-6,12-16H2,(H,27,30). The molecule has 1 saturated carbocycles. The van der Waals surface area contributed by atoms with Crippen LogP contribution in [0.25, 0.3) is 0 Å². The number of halogens is 1. The van der Waals surface area contributed by atoms with E-state index in [1.165, 1.54) is 0 Å². The highest BCUT2D eigenvalue weighted by molar-refractivity contribution is 6.32. The van der Waals surface area contributed by atoms with Gasteiger partial charge in [-0.15, -0.1) is 0 Å². The largest absolute Gasteiger partial charge is 0.345 e. The summed E-state index contributed by atoms with van der Waals surface area (Å²) in [4.78, 5) is 40.8. The van der Waals surface area contributed by atoms with Crippen molar-refractivity contribution < 1.29 is 14.4 Å². The zero-order valence-electron chi connectivity index (χ0n) is 17.5. The summed E-state index contributed by atoms with van der Waals surface area (Å²) in [6, 6.07) is 14.5. The molecule has 4 rings (SSSR count). The van der Waals surface area contributed by atoms with Gasteiger partial charge in [0.25, 0.3) is 0 Å². The van der Waals surface area contributed by atoms with E-state index in [4.69, 9.17) is 11.6 Å². The number of nitrogens with one attached hydrogen (secondary N) is 1. The van der Waals surface area contributed by atoms with Crippen molar-refractivity contribution >= 4 is 35.4 Å². The van der Waals surface area contributed by atoms with Crippen LogP contribution in [-0.2, 0) is 27.2 Å². The van der Waals surface area contributed by atoms with Gasteiger partial charge < -0.3 is 15.0 Å². The summed E-state index contributed by atoms with van der Waals surface area (Å²) in [7, 11) is 0. The molecule has 0 bridgehead atoms. The van der Waals surface area contributed by atoms with E-state index in [1.807, 2.05) is 48.5 Å². The molecule has 5 nitrogen and oxygen atoms in total. The Labute approximate surface area is 187 Å². The van der Waals surface area contributed by atoms with Crippen molar-refractivity contribution in [1.29, 1.82) is 0 Å². The molecule has 0 radical (unpaired) electrons. The molecule has 1 fully saturated rings. The number of fused-ring (bicyclic) bond motifs is 1. The number of hydrogen-bond donors (Lipinski definition) is 1. The summed E-state index contributed by atoms with van der Waals surface area (Å²) in [6.45, 7) is 0.522. The lowest BCUT2D eigenvalue weighted by Gasteiger charge is -2.38. The third-order valence-corrected chi connectivity index (χ3v) is 6.90. The smallest absolute Gasteiger partial charge is 0.242 e. The summed E-state index contributed by atoms with van der Waals surface area (Å²) in [5, 5.41) is 3.54. The molecule has 0 spiro atoms. The maximum atomic E-state index is 13.8. The minimum absolute atomic E-state index is 0.171. The van der Waals surface area contributed by atoms with Crippen LogP contribution in [0.2, 0.25) is 5.02 Å². The monoisotopic (exact) mass is 438 g/mol. The number of aldehydes is 1. The highest BCUT2D eigenvalue weighted by Gasteiger charge is 2.50. The van der Waals surface area contributed by atoms with Crippen LogP contribution >= 0.6 is 11.6 Å². The van der Waals surface area contributed by atoms with E-state index in [0.29, 0.717) is 37.3 Å². The van der Waals surface area contributed by atoms with Gasteiger partial charge in [0.05, 0.1) is 6.04 Å². The van der Waals surface area contributed by atoms with Crippen molar-refractivity contribution in [3.8, 4) is 0 Å². The maximum Gasteiger partial charge on any atom is 0.242 e. The Morgan fingerprint density at radius 3 is 2.52 bits per heavy atom. The molecule has 0 saturated heterocycles. The number of anilines is 1. The molecule has 2 aromatic rings. The van der Waals surface area contributed by atoms with Crippen LogP contribution in [0.5, 0.6) is 0 Å². The predicted molar refractivity (Wildman–Crippen MR) is 121 cm³/mol. The third kappa shape index (κ3) is 4.24. The Balaban J connectivity index is 1.58. The van der Waals surface area contributed by atoms with E-state index in [2.05, 4.69) is 5.32 Å². The molecule has 6 heteroatoms. The Bertz CT molecular complexity index is 970. The van der Waals surface area contributed by atoms with Gasteiger partial charge in [0.2, 0.25) is 11.8 Å². The zero-order chi connectivity index (χ0) is 21.8. The number of hydrogen-bond acceptors (Lipinski definition) is 3. The average Bonchev–Trinajstić information content (AvgIpc) is 3.24. The normalized spacial score (nSPS) is 18.2. The van der Waals surface area contributed by atoms with Gasteiger partial charge in [-0.3, -0.25) is 9.59 Å². The van der Waals surface area contributed by atoms with Crippen molar-refractivity contribution in [2.75, 3.05) is 11.4 Å². The van der Waals surface area contributed by atoms with Gasteiger partial charge in [-0.1, -0.05) is 67.3 Å². The molecule has 0 aromatic heterocycles. The van der Waals surface area contributed by atoms with Crippen molar-refractivity contribution in [3.63, 3.8) is 0 Å². The van der Waals surface area contributed by atoms with Crippen molar-refractivity contribution in [3.05, 3.63) is 64.7 Å². The van der Waals surface area contributed by atoms with Gasteiger partial charge in [0.15, 0.2) is 0 Å². The van der Waals surface area contributed by atoms with E-state index in [-0.39, 0.29) is 11.8 Å². The Kier molecular flexibility index (Phi) is 6.42. The SMILES string of the molecule is O=CC(Cc1ccccc1)NC(=O)C1(C(=O)N2CCc3c(Cl)cccc32)CCCCC1. The quantitative estimate of drug-likeness (QED) is 0.545. The van der Waals surface area contributed by atoms with Crippen molar-refractivity contribution in [2.24, 2.45) is 5.41 Å². The van der Waals surface area contributed by atoms with E-state index in [1.54, 1.807) is 4.90 Å². The fraction of sp³-hybridized carbons (Fsp3) is 0.400. The maximum absolute atomic E-state index is 13.8. The summed E-state index contributed by atoms with van der Waals surface area (Å²) < 4.78 is 0. The first-order chi connectivity index (χ1) is 15.0. The molecule has 2 aliphatic rings. The lowest BCUT2D eigenvalue weighted by Crippen LogP contribution is -2.56. The predicted octanol–water partition coefficient (Wildman–Crippen LogP) is 4.11. The Hall–Kier alpha value is -2.66. The molecular weight excluding hydrogens is 412 g/mol. The minimum atomic E-state index is -1.14. The van der Waals surface area contributed by atoms with Gasteiger partial charge in [-0.25, -0.2) is 0 Å². The first-order valence-electron chi connectivity index (χ1n) is 10.9. The molecule has 2 aromatic carbocycles. The van der Waals surface area contributed by atoms with Crippen LogP contribution in [0.4, 0.5) is 5.69 Å². The van der Waals surface area contributed by atoms with Crippen molar-refractivity contribution in [1.82, 2.24) is 5.32 Å². The van der Waals surface area contributed by atoms with Crippen LogP contribution in [0.1, 0.15) is 43.2 Å². The molecule has 1 aliphatic heterocycles. The van der Waals surface area contributed by atoms with Gasteiger partial charge in [0.1, 0.15) is 11.7 Å². The molecule has 1 atom stereocenters. The Morgan fingerprint density at radius 1 is 1.06 bits per heavy atom. The lowest BCUT2D eigenvalue weighted by atomic mass is 9.72. The molecule has 1 aliphatic carbocycles. The van der Waals surface area contributed by atoms with E-state index in [0.717, 1.165) is 42.4 Å². The molecule has 162 valence electrons. The topological polar surface area (TPSA) is 66.5 Å². The number of amides is 2. The number of rotatable bonds is 6. The summed E-state index contributed by atoms with van der Waals surface area (Å²) >= 11 is 6.33. The molecule has 2 amide bonds. The summed E-state index contributed by atoms with van der Waals surface area (Å²) in [5.41, 5.74) is 1.58. The Morgan fingerprint density at radius 2 is 1.81 bits per heavy atom. The van der Waals surface area contributed by atoms with Gasteiger partial charge in [-0.05, 0) is 48.9 Å². The van der Waals surface area contributed by atoms with Gasteiger partial charge in [0, 0.05) is 17.3 Å². The van der Waals surface area contributed by atoms with Crippen LogP contribution in [0, 0.1) is 5.41 Å². The number of nitrogens with zero attached hydrogens (tertiary/aromatic N) is 1. The van der Waals surface area contributed by atoms with Crippen LogP contribution in [0.15, 0.2) is 48.5 Å². The van der Waals surface area contributed by atoms with E-state index in [9.17, 15) is 14.4 Å². The second-order valence-electron chi connectivity index (χ2n) is 8.49. The van der Waals surface area contributed by atoms with Crippen LogP contribution in [-0.4, -0.2) is 30.7 Å². The minimum Gasteiger partial charge on any atom is -0.345 e. The van der Waals surface area contributed by atoms with E-state index >= 15 is 0 Å². The molecule has 1 N–H and O–H groups in total. The zero-order valence-corrected chi connectivity index (χ0v) is 18.2. The summed E-state index contributed by atoms with van der Waals surface area (Å²) in [5.74, 6) is -0.504. The lowest BCUT2D eigenvalue weighted by molar-refractivity contribution is -0.145. The van der Waals surface area contributed by atoms with Crippen LogP contribution < -0.4 is 10.2 Å².